The van der Waals surface area contributed by atoms with Crippen LogP contribution in [-0.4, -0.2) is 53.2 Å². The number of carbonyl (C=O) groups is 4. The van der Waals surface area contributed by atoms with Gasteiger partial charge in [0.15, 0.2) is 5.78 Å². The predicted octanol–water partition coefficient (Wildman–Crippen LogP) is 5.69. The summed E-state index contributed by atoms with van der Waals surface area (Å²) in [5.74, 6) is -1.32. The predicted molar refractivity (Wildman–Crippen MR) is 180 cm³/mol. The van der Waals surface area contributed by atoms with Gasteiger partial charge in [0.25, 0.3) is 0 Å². The third kappa shape index (κ3) is 12.8. The molecule has 3 aromatic rings. The Morgan fingerprint density at radius 3 is 1.96 bits per heavy atom. The Bertz CT molecular complexity index is 1480. The molecular weight excluding hydrogens is 598 g/mol. The van der Waals surface area contributed by atoms with Crippen molar-refractivity contribution in [3.8, 4) is 5.75 Å². The summed E-state index contributed by atoms with van der Waals surface area (Å²) in [4.78, 5) is 52.2. The maximum atomic E-state index is 13.6. The van der Waals surface area contributed by atoms with Crippen molar-refractivity contribution < 1.29 is 33.8 Å². The van der Waals surface area contributed by atoms with Crippen molar-refractivity contribution in [3.63, 3.8) is 0 Å². The standard InChI is InChI=1S/C37H47N3O7/c1-24-17-30(41)18-25(2)31(24)21-32(40-36(45)47-37(4,5)6)33(42)19-26(3)34(43)38-22-29(20-27-13-9-7-10-14-27)39-35(44)46-23-28-15-11-8-12-16-28/h7-18,26,29,32,41H,19-23H2,1-6H3,(H,38,43)(H,39,44)(H,40,45)/t26-,29+,32-/m0/s1. The van der Waals surface area contributed by atoms with E-state index >= 15 is 0 Å². The maximum absolute atomic E-state index is 13.6. The molecule has 10 nitrogen and oxygen atoms in total. The Morgan fingerprint density at radius 1 is 0.809 bits per heavy atom. The molecule has 0 aliphatic carbocycles. The minimum atomic E-state index is -0.964. The molecule has 3 rings (SSSR count). The molecule has 0 radical (unpaired) electrons. The summed E-state index contributed by atoms with van der Waals surface area (Å²) in [5, 5.41) is 18.4. The van der Waals surface area contributed by atoms with Gasteiger partial charge < -0.3 is 30.5 Å². The molecule has 3 atom stereocenters. The van der Waals surface area contributed by atoms with Gasteiger partial charge in [0, 0.05) is 25.3 Å². The minimum absolute atomic E-state index is 0.109. The maximum Gasteiger partial charge on any atom is 0.408 e. The third-order valence-corrected chi connectivity index (χ3v) is 7.51. The van der Waals surface area contributed by atoms with Crippen LogP contribution in [0, 0.1) is 19.8 Å². The molecule has 0 fully saturated rings. The summed E-state index contributed by atoms with van der Waals surface area (Å²) in [6.07, 6.45) is -0.877. The first kappa shape index (κ1) is 36.6. The number of alkyl carbamates (subject to hydrolysis) is 2. The lowest BCUT2D eigenvalue weighted by Crippen LogP contribution is -2.47. The topological polar surface area (TPSA) is 143 Å². The van der Waals surface area contributed by atoms with E-state index in [9.17, 15) is 24.3 Å². The van der Waals surface area contributed by atoms with Crippen molar-refractivity contribution in [2.45, 2.75) is 85.1 Å². The highest BCUT2D eigenvalue weighted by atomic mass is 16.6. The largest absolute Gasteiger partial charge is 0.508 e. The van der Waals surface area contributed by atoms with Gasteiger partial charge in [0.2, 0.25) is 5.91 Å². The van der Waals surface area contributed by atoms with E-state index in [1.54, 1.807) is 39.8 Å². The van der Waals surface area contributed by atoms with E-state index in [1.807, 2.05) is 74.5 Å². The van der Waals surface area contributed by atoms with Crippen molar-refractivity contribution in [1.29, 1.82) is 0 Å². The summed E-state index contributed by atoms with van der Waals surface area (Å²) < 4.78 is 10.8. The highest BCUT2D eigenvalue weighted by molar-refractivity contribution is 5.91. The van der Waals surface area contributed by atoms with Crippen LogP contribution in [0.3, 0.4) is 0 Å². The molecule has 0 aliphatic heterocycles. The average Bonchev–Trinajstić information content (AvgIpc) is 2.99. The first-order chi connectivity index (χ1) is 22.2. The smallest absolute Gasteiger partial charge is 0.408 e. The van der Waals surface area contributed by atoms with Crippen molar-refractivity contribution in [2.75, 3.05) is 6.54 Å². The minimum Gasteiger partial charge on any atom is -0.508 e. The van der Waals surface area contributed by atoms with E-state index in [-0.39, 0.29) is 43.4 Å². The van der Waals surface area contributed by atoms with E-state index in [2.05, 4.69) is 16.0 Å². The molecule has 0 spiro atoms. The van der Waals surface area contributed by atoms with E-state index in [1.165, 1.54) is 0 Å². The number of hydrogen-bond donors (Lipinski definition) is 4. The Kier molecular flexibility index (Phi) is 13.4. The lowest BCUT2D eigenvalue weighted by molar-refractivity contribution is -0.129. The number of amides is 3. The monoisotopic (exact) mass is 645 g/mol. The number of benzene rings is 3. The van der Waals surface area contributed by atoms with Gasteiger partial charge in [-0.3, -0.25) is 9.59 Å². The molecule has 4 N–H and O–H groups in total. The van der Waals surface area contributed by atoms with Crippen LogP contribution < -0.4 is 16.0 Å². The molecule has 0 saturated carbocycles. The number of rotatable bonds is 14. The number of aromatic hydroxyl groups is 1. The van der Waals surface area contributed by atoms with E-state index < -0.39 is 35.8 Å². The first-order valence-corrected chi connectivity index (χ1v) is 15.8. The third-order valence-electron chi connectivity index (χ3n) is 7.51. The zero-order chi connectivity index (χ0) is 34.6. The molecule has 3 aromatic carbocycles. The van der Waals surface area contributed by atoms with Crippen LogP contribution in [-0.2, 0) is 38.5 Å². The summed E-state index contributed by atoms with van der Waals surface area (Å²) in [6, 6.07) is 20.6. The highest BCUT2D eigenvalue weighted by Crippen LogP contribution is 2.23. The highest BCUT2D eigenvalue weighted by Gasteiger charge is 2.29. The average molecular weight is 646 g/mol. The van der Waals surface area contributed by atoms with Gasteiger partial charge in [-0.15, -0.1) is 0 Å². The molecule has 0 unspecified atom stereocenters. The normalized spacial score (nSPS) is 13.1. The number of phenolic OH excluding ortho intramolecular Hbond substituents is 1. The number of ketones is 1. The Labute approximate surface area is 277 Å². The second-order valence-electron chi connectivity index (χ2n) is 12.9. The van der Waals surface area contributed by atoms with Crippen molar-refractivity contribution in [2.24, 2.45) is 5.92 Å². The molecule has 0 saturated heterocycles. The number of aryl methyl sites for hydroxylation is 2. The Hall–Kier alpha value is -4.86. The second-order valence-corrected chi connectivity index (χ2v) is 12.9. The first-order valence-electron chi connectivity index (χ1n) is 15.8. The van der Waals surface area contributed by atoms with Crippen LogP contribution in [0.25, 0.3) is 0 Å². The van der Waals surface area contributed by atoms with E-state index in [0.29, 0.717) is 6.42 Å². The lowest BCUT2D eigenvalue weighted by Gasteiger charge is -2.25. The SMILES string of the molecule is Cc1cc(O)cc(C)c1C[C@H](NC(=O)OC(C)(C)C)C(=O)C[C@H](C)C(=O)NC[C@@H](Cc1ccccc1)NC(=O)OCc1ccccc1. The van der Waals surface area contributed by atoms with Gasteiger partial charge in [0.1, 0.15) is 18.0 Å². The molecule has 47 heavy (non-hydrogen) atoms. The Morgan fingerprint density at radius 2 is 1.38 bits per heavy atom. The number of ether oxygens (including phenoxy) is 2. The number of hydrogen-bond acceptors (Lipinski definition) is 7. The van der Waals surface area contributed by atoms with Crippen LogP contribution in [0.2, 0.25) is 0 Å². The summed E-state index contributed by atoms with van der Waals surface area (Å²) in [5.41, 5.74) is 3.41. The van der Waals surface area contributed by atoms with E-state index in [4.69, 9.17) is 9.47 Å². The number of Topliss-reactive ketones (excluding diaryl/α,β-unsaturated/α-hetero) is 1. The zero-order valence-electron chi connectivity index (χ0n) is 28.1. The zero-order valence-corrected chi connectivity index (χ0v) is 28.1. The van der Waals surface area contributed by atoms with Crippen LogP contribution in [0.4, 0.5) is 9.59 Å². The fourth-order valence-corrected chi connectivity index (χ4v) is 5.13. The Balaban J connectivity index is 1.66. The molecule has 252 valence electrons. The lowest BCUT2D eigenvalue weighted by atomic mass is 9.91. The summed E-state index contributed by atoms with van der Waals surface area (Å²) in [6.45, 7) is 10.7. The fraction of sp³-hybridized carbons (Fsp3) is 0.405. The van der Waals surface area contributed by atoms with Gasteiger partial charge in [-0.1, -0.05) is 67.6 Å². The summed E-state index contributed by atoms with van der Waals surface area (Å²) >= 11 is 0. The number of nitrogens with one attached hydrogen (secondary N) is 3. The number of phenols is 1. The van der Waals surface area contributed by atoms with Gasteiger partial charge in [0.05, 0.1) is 12.1 Å². The molecular formula is C37H47N3O7. The van der Waals surface area contributed by atoms with Crippen molar-refractivity contribution in [3.05, 3.63) is 101 Å². The van der Waals surface area contributed by atoms with Crippen LogP contribution in [0.1, 0.15) is 61.9 Å². The number of carbonyl (C=O) groups excluding carboxylic acids is 4. The van der Waals surface area contributed by atoms with Crippen LogP contribution in [0.15, 0.2) is 72.8 Å². The van der Waals surface area contributed by atoms with Gasteiger partial charge >= 0.3 is 12.2 Å². The fourth-order valence-electron chi connectivity index (χ4n) is 5.13. The molecule has 0 bridgehead atoms. The van der Waals surface area contributed by atoms with Crippen molar-refractivity contribution >= 4 is 23.9 Å². The van der Waals surface area contributed by atoms with Gasteiger partial charge in [-0.25, -0.2) is 9.59 Å². The molecule has 0 aliphatic rings. The second kappa shape index (κ2) is 17.2. The molecule has 3 amide bonds. The molecule has 0 aromatic heterocycles. The van der Waals surface area contributed by atoms with Gasteiger partial charge in [-0.2, -0.15) is 0 Å². The molecule has 0 heterocycles. The van der Waals surface area contributed by atoms with Gasteiger partial charge in [-0.05, 0) is 81.0 Å². The van der Waals surface area contributed by atoms with E-state index in [0.717, 1.165) is 27.8 Å². The van der Waals surface area contributed by atoms with Crippen LogP contribution in [0.5, 0.6) is 5.75 Å². The van der Waals surface area contributed by atoms with Crippen molar-refractivity contribution in [1.82, 2.24) is 16.0 Å². The summed E-state index contributed by atoms with van der Waals surface area (Å²) in [7, 11) is 0. The quantitative estimate of drug-likeness (QED) is 0.176. The van der Waals surface area contributed by atoms with Crippen LogP contribution >= 0.6 is 0 Å². The molecule has 10 heteroatoms.